The van der Waals surface area contributed by atoms with Gasteiger partial charge in [0.1, 0.15) is 36.0 Å². The van der Waals surface area contributed by atoms with Crippen LogP contribution >= 0.6 is 0 Å². The zero-order chi connectivity index (χ0) is 34.3. The van der Waals surface area contributed by atoms with Gasteiger partial charge in [0.15, 0.2) is 5.75 Å². The largest absolute Gasteiger partial charge is 0.497 e. The van der Waals surface area contributed by atoms with Crippen LogP contribution in [0.2, 0.25) is 0 Å². The number of nitrogens with zero attached hydrogens (tertiary/aromatic N) is 4. The number of methoxy groups -OCH3 is 3. The summed E-state index contributed by atoms with van der Waals surface area (Å²) < 4.78 is 30.9. The monoisotopic (exact) mass is 686 g/mol. The average molecular weight is 687 g/mol. The summed E-state index contributed by atoms with van der Waals surface area (Å²) in [6.07, 6.45) is 0. The Morgan fingerprint density at radius 2 is 1.16 bits per heavy atom. The Balaban J connectivity index is 0.000000198. The second kappa shape index (κ2) is 20.0. The Morgan fingerprint density at radius 3 is 1.69 bits per heavy atom. The molecule has 3 aliphatic rings. The number of nitro groups is 2. The zero-order valence-electron chi connectivity index (χ0n) is 27.6. The second-order valence-corrected chi connectivity index (χ2v) is 10.9. The third-order valence-electron chi connectivity index (χ3n) is 8.06. The molecule has 0 amide bonds. The highest BCUT2D eigenvalue weighted by Crippen LogP contribution is 2.33. The van der Waals surface area contributed by atoms with Gasteiger partial charge in [-0.2, -0.15) is 0 Å². The van der Waals surface area contributed by atoms with Gasteiger partial charge in [-0.15, -0.1) is 0 Å². The lowest BCUT2D eigenvalue weighted by Gasteiger charge is -2.28. The first-order chi connectivity index (χ1) is 23.3. The van der Waals surface area contributed by atoms with Gasteiger partial charge in [0.2, 0.25) is 0 Å². The van der Waals surface area contributed by atoms with E-state index < -0.39 is 4.92 Å². The Labute approximate surface area is 287 Å². The average Bonchev–Trinajstić information content (AvgIpc) is 3.16. The minimum Gasteiger partial charge on any atom is -0.497 e. The molecule has 15 nitrogen and oxygen atoms in total. The van der Waals surface area contributed by atoms with Gasteiger partial charge in [-0.3, -0.25) is 25.1 Å². The van der Waals surface area contributed by atoms with Gasteiger partial charge in [0.25, 0.3) is 5.69 Å². The Bertz CT molecular complexity index is 1460. The summed E-state index contributed by atoms with van der Waals surface area (Å²) in [5, 5.41) is 21.9. The summed E-state index contributed by atoms with van der Waals surface area (Å²) in [5.74, 6) is 1.70. The highest BCUT2D eigenvalue weighted by Gasteiger charge is 2.22. The van der Waals surface area contributed by atoms with Crippen LogP contribution in [0.15, 0.2) is 60.7 Å². The second-order valence-electron chi connectivity index (χ2n) is 10.9. The normalized spacial score (nSPS) is 16.1. The molecule has 6 rings (SSSR count). The predicted octanol–water partition coefficient (Wildman–Crippen LogP) is 3.76. The molecular weight excluding hydrogens is 638 g/mol. The number of ether oxygens (including phenoxy) is 6. The standard InChI is InChI=1S/2C11H14N2O4.C11H15NO2.CH4/c1-16-11-3-2-9(8-10(11)13(14)15)12-4-6-17-7-5-12;1-16-9-2-3-10(11(8-9)13(14)15)12-4-6-17-7-5-12;1-13-11-4-2-10(3-5-11)12-6-8-14-9-7-12;/h2*2-3,8H,4-7H2,1H3;2-5H,6-9H2,1H3;1H4/p+1. The molecule has 0 aliphatic carbocycles. The van der Waals surface area contributed by atoms with Gasteiger partial charge in [0.05, 0.1) is 76.9 Å². The van der Waals surface area contributed by atoms with E-state index in [4.69, 9.17) is 28.4 Å². The lowest BCUT2D eigenvalue weighted by Crippen LogP contribution is -3.09. The lowest BCUT2D eigenvalue weighted by molar-refractivity contribution is -0.842. The van der Waals surface area contributed by atoms with Crippen molar-refractivity contribution in [2.45, 2.75) is 7.43 Å². The maximum absolute atomic E-state index is 11.0. The fourth-order valence-electron chi connectivity index (χ4n) is 5.42. The van der Waals surface area contributed by atoms with Gasteiger partial charge in [-0.1, -0.05) is 7.43 Å². The number of rotatable bonds is 8. The topological polar surface area (TPSA) is 153 Å². The summed E-state index contributed by atoms with van der Waals surface area (Å²) in [5.41, 5.74) is 2.86. The molecule has 3 aromatic carbocycles. The number of quaternary nitrogens is 1. The number of hydrogen-bond acceptors (Lipinski definition) is 12. The fraction of sp³-hybridized carbons (Fsp3) is 0.471. The molecule has 0 bridgehead atoms. The molecule has 15 heteroatoms. The van der Waals surface area contributed by atoms with Crippen LogP contribution in [-0.2, 0) is 14.2 Å². The molecule has 0 atom stereocenters. The number of nitro benzene ring substituents is 2. The summed E-state index contributed by atoms with van der Waals surface area (Å²) >= 11 is 0. The number of benzene rings is 3. The number of morpholine rings is 3. The summed E-state index contributed by atoms with van der Waals surface area (Å²) in [7, 11) is 4.61. The summed E-state index contributed by atoms with van der Waals surface area (Å²) in [6, 6.07) is 18.2. The van der Waals surface area contributed by atoms with Crippen molar-refractivity contribution in [2.75, 3.05) is 110 Å². The van der Waals surface area contributed by atoms with Crippen molar-refractivity contribution in [1.29, 1.82) is 0 Å². The Hall–Kier alpha value is -4.70. The third kappa shape index (κ3) is 11.2. The SMILES string of the molecule is C.COc1ccc(N2CCOCC2)c([N+](=O)[O-])c1.COc1ccc(N2CCOCC2)cc1[N+](=O)[O-].COc1ccc([NH+]2CCOCC2)cc1. The minimum atomic E-state index is -0.428. The maximum Gasteiger partial charge on any atom is 0.312 e. The van der Waals surface area contributed by atoms with E-state index in [9.17, 15) is 20.2 Å². The predicted molar refractivity (Wildman–Crippen MR) is 186 cm³/mol. The number of hydrogen-bond donors (Lipinski definition) is 1. The molecule has 0 spiro atoms. The van der Waals surface area contributed by atoms with E-state index in [0.29, 0.717) is 51.0 Å². The minimum absolute atomic E-state index is 0. The summed E-state index contributed by atoms with van der Waals surface area (Å²) in [6.45, 7) is 9.21. The fourth-order valence-corrected chi connectivity index (χ4v) is 5.42. The molecular formula is C34H48N5O10+. The highest BCUT2D eigenvalue weighted by molar-refractivity contribution is 5.65. The first-order valence-electron chi connectivity index (χ1n) is 15.7. The van der Waals surface area contributed by atoms with E-state index in [1.165, 1.54) is 30.9 Å². The van der Waals surface area contributed by atoms with E-state index in [2.05, 4.69) is 17.0 Å². The molecule has 3 aromatic rings. The van der Waals surface area contributed by atoms with Gasteiger partial charge in [0, 0.05) is 50.1 Å². The van der Waals surface area contributed by atoms with Crippen LogP contribution in [0.4, 0.5) is 28.4 Å². The molecule has 0 radical (unpaired) electrons. The maximum atomic E-state index is 11.0. The molecule has 0 unspecified atom stereocenters. The smallest absolute Gasteiger partial charge is 0.312 e. The third-order valence-corrected chi connectivity index (χ3v) is 8.06. The molecule has 0 saturated carbocycles. The molecule has 0 aromatic heterocycles. The van der Waals surface area contributed by atoms with Crippen molar-refractivity contribution in [3.05, 3.63) is 80.9 Å². The van der Waals surface area contributed by atoms with Crippen LogP contribution in [0.1, 0.15) is 7.43 Å². The van der Waals surface area contributed by atoms with Crippen LogP contribution in [0.5, 0.6) is 17.2 Å². The van der Waals surface area contributed by atoms with Crippen LogP contribution in [-0.4, -0.2) is 110 Å². The van der Waals surface area contributed by atoms with Crippen LogP contribution in [0.25, 0.3) is 0 Å². The number of anilines is 2. The van der Waals surface area contributed by atoms with E-state index in [-0.39, 0.29) is 29.5 Å². The van der Waals surface area contributed by atoms with Crippen LogP contribution < -0.4 is 28.9 Å². The molecule has 3 fully saturated rings. The highest BCUT2D eigenvalue weighted by atomic mass is 16.6. The Morgan fingerprint density at radius 1 is 0.633 bits per heavy atom. The molecule has 268 valence electrons. The van der Waals surface area contributed by atoms with Gasteiger partial charge < -0.3 is 38.2 Å². The molecule has 3 heterocycles. The molecule has 3 saturated heterocycles. The van der Waals surface area contributed by atoms with Crippen LogP contribution in [0.3, 0.4) is 0 Å². The van der Waals surface area contributed by atoms with Gasteiger partial charge in [-0.25, -0.2) is 0 Å². The van der Waals surface area contributed by atoms with Crippen LogP contribution in [0, 0.1) is 20.2 Å². The summed E-state index contributed by atoms with van der Waals surface area (Å²) in [4.78, 5) is 26.6. The molecule has 49 heavy (non-hydrogen) atoms. The van der Waals surface area contributed by atoms with Crippen molar-refractivity contribution in [3.8, 4) is 17.2 Å². The van der Waals surface area contributed by atoms with E-state index in [1.807, 2.05) is 23.1 Å². The van der Waals surface area contributed by atoms with E-state index >= 15 is 0 Å². The van der Waals surface area contributed by atoms with E-state index in [0.717, 1.165) is 50.8 Å². The quantitative estimate of drug-likeness (QED) is 0.271. The van der Waals surface area contributed by atoms with Crippen molar-refractivity contribution in [3.63, 3.8) is 0 Å². The number of nitrogens with one attached hydrogen (secondary N) is 1. The van der Waals surface area contributed by atoms with Gasteiger partial charge in [-0.05, 0) is 36.4 Å². The van der Waals surface area contributed by atoms with Crippen molar-refractivity contribution >= 4 is 28.4 Å². The van der Waals surface area contributed by atoms with Crippen molar-refractivity contribution in [1.82, 2.24) is 0 Å². The zero-order valence-corrected chi connectivity index (χ0v) is 27.6. The first-order valence-corrected chi connectivity index (χ1v) is 15.7. The molecule has 1 N–H and O–H groups in total. The molecule has 3 aliphatic heterocycles. The first kappa shape index (κ1) is 38.7. The van der Waals surface area contributed by atoms with Crippen molar-refractivity contribution < 1.29 is 43.2 Å². The van der Waals surface area contributed by atoms with E-state index in [1.54, 1.807) is 31.4 Å². The van der Waals surface area contributed by atoms with Gasteiger partial charge >= 0.3 is 5.69 Å². The Kier molecular flexibility index (Phi) is 15.8. The lowest BCUT2D eigenvalue weighted by atomic mass is 10.2. The van der Waals surface area contributed by atoms with Crippen molar-refractivity contribution in [2.24, 2.45) is 0 Å².